The number of nitro benzene ring substituents is 3. The van der Waals surface area contributed by atoms with Crippen LogP contribution in [0.3, 0.4) is 0 Å². The lowest BCUT2D eigenvalue weighted by atomic mass is 10.2. The number of phenols is 2. The van der Waals surface area contributed by atoms with Crippen molar-refractivity contribution in [2.75, 3.05) is 0 Å². The molecule has 0 radical (unpaired) electrons. The number of nitro groups is 3. The lowest BCUT2D eigenvalue weighted by Gasteiger charge is -2.10. The molecule has 0 atom stereocenters. The van der Waals surface area contributed by atoms with Crippen LogP contribution in [0.1, 0.15) is 0 Å². The van der Waals surface area contributed by atoms with Crippen molar-refractivity contribution in [1.82, 2.24) is 0 Å². The molecule has 0 fully saturated rings. The van der Waals surface area contributed by atoms with Gasteiger partial charge in [0.2, 0.25) is 0 Å². The van der Waals surface area contributed by atoms with Gasteiger partial charge >= 0.3 is 17.1 Å². The van der Waals surface area contributed by atoms with Crippen LogP contribution in [0, 0.1) is 30.3 Å². The maximum absolute atomic E-state index is 11.2. The normalized spacial score (nSPS) is 10.0. The van der Waals surface area contributed by atoms with Gasteiger partial charge in [0.05, 0.1) is 20.5 Å². The average molecular weight is 260 g/mol. The Balaban J connectivity index is 3.94. The molecule has 2 N–H and O–H groups in total. The molecule has 18 heavy (non-hydrogen) atoms. The molecule has 0 aromatic heterocycles. The van der Waals surface area contributed by atoms with Crippen LogP contribution in [0.2, 0.25) is 0 Å². The molecule has 0 bridgehead atoms. The molecular weight excluding hydrogens is 258 g/mol. The summed E-state index contributed by atoms with van der Waals surface area (Å²) in [5.74, 6) is -5.40. The van der Waals surface area contributed by atoms with Gasteiger partial charge in [0.25, 0.3) is 11.5 Å². The van der Waals surface area contributed by atoms with Gasteiger partial charge in [-0.2, -0.15) is 0 Å². The molecule has 0 aliphatic heterocycles. The molecule has 1 aromatic rings. The van der Waals surface area contributed by atoms with Gasteiger partial charge < -0.3 is 15.3 Å². The van der Waals surface area contributed by atoms with Crippen LogP contribution < -0.4 is 5.11 Å². The number of aromatic hydroxyl groups is 2. The molecule has 0 heterocycles. The highest BCUT2D eigenvalue weighted by Gasteiger charge is 2.38. The van der Waals surface area contributed by atoms with Gasteiger partial charge in [-0.05, 0) is 0 Å². The molecule has 0 saturated heterocycles. The highest BCUT2D eigenvalue weighted by Crippen LogP contribution is 2.53. The van der Waals surface area contributed by atoms with Crippen molar-refractivity contribution in [3.63, 3.8) is 0 Å². The quantitative estimate of drug-likeness (QED) is 0.550. The van der Waals surface area contributed by atoms with Crippen molar-refractivity contribution in [2.45, 2.75) is 0 Å². The summed E-state index contributed by atoms with van der Waals surface area (Å²) in [4.78, 5) is 26.8. The summed E-state index contributed by atoms with van der Waals surface area (Å²) in [7, 11) is 0. The van der Waals surface area contributed by atoms with Crippen LogP contribution in [0.4, 0.5) is 17.1 Å². The number of hydrogen-bond donors (Lipinski definition) is 2. The second kappa shape index (κ2) is 4.00. The van der Waals surface area contributed by atoms with E-state index in [2.05, 4.69) is 0 Å². The molecule has 0 saturated carbocycles. The fraction of sp³-hybridized carbons (Fsp3) is 0. The molecule has 1 aromatic carbocycles. The van der Waals surface area contributed by atoms with E-state index in [4.69, 9.17) is 10.2 Å². The van der Waals surface area contributed by atoms with Gasteiger partial charge in [0.1, 0.15) is 0 Å². The Morgan fingerprint density at radius 3 is 1.22 bits per heavy atom. The van der Waals surface area contributed by atoms with E-state index in [0.717, 1.165) is 0 Å². The molecule has 0 amide bonds. The minimum Gasteiger partial charge on any atom is -0.863 e. The number of phenolic OH excluding ortho intramolecular Hbond substituents is 2. The van der Waals surface area contributed by atoms with Gasteiger partial charge in [0, 0.05) is 0 Å². The van der Waals surface area contributed by atoms with Crippen LogP contribution in [0.25, 0.3) is 0 Å². The maximum atomic E-state index is 11.2. The Hall–Kier alpha value is -3.18. The summed E-state index contributed by atoms with van der Waals surface area (Å²) < 4.78 is 0. The lowest BCUT2D eigenvalue weighted by Crippen LogP contribution is -2.05. The highest BCUT2D eigenvalue weighted by molar-refractivity contribution is 5.80. The Kier molecular flexibility index (Phi) is 2.87. The van der Waals surface area contributed by atoms with Gasteiger partial charge in [0.15, 0.2) is 0 Å². The number of hydrogen-bond acceptors (Lipinski definition) is 9. The van der Waals surface area contributed by atoms with Crippen LogP contribution in [-0.4, -0.2) is 25.0 Å². The largest absolute Gasteiger partial charge is 0.863 e. The molecule has 12 heteroatoms. The second-order valence-electron chi connectivity index (χ2n) is 2.84. The Bertz CT molecular complexity index is 478. The first-order valence-corrected chi connectivity index (χ1v) is 3.92. The monoisotopic (exact) mass is 260 g/mol. The summed E-state index contributed by atoms with van der Waals surface area (Å²) in [6.45, 7) is 0. The lowest BCUT2D eigenvalue weighted by molar-refractivity contribution is -0.422. The van der Waals surface area contributed by atoms with E-state index in [-0.39, 0.29) is 0 Å². The van der Waals surface area contributed by atoms with E-state index in [0.29, 0.717) is 0 Å². The van der Waals surface area contributed by atoms with Crippen molar-refractivity contribution in [2.24, 2.45) is 0 Å². The molecule has 0 aliphatic carbocycles. The van der Waals surface area contributed by atoms with E-state index in [1.54, 1.807) is 0 Å². The fourth-order valence-electron chi connectivity index (χ4n) is 1.18. The van der Waals surface area contributed by atoms with E-state index < -0.39 is 49.1 Å². The first-order chi connectivity index (χ1) is 8.20. The molecule has 1 rings (SSSR count). The van der Waals surface area contributed by atoms with Crippen molar-refractivity contribution in [3.05, 3.63) is 30.3 Å². The first kappa shape index (κ1) is 12.9. The van der Waals surface area contributed by atoms with Crippen molar-refractivity contribution < 1.29 is 30.1 Å². The average Bonchev–Trinajstić information content (AvgIpc) is 2.14. The highest BCUT2D eigenvalue weighted by atomic mass is 16.6. The summed E-state index contributed by atoms with van der Waals surface area (Å²) in [6, 6.07) is 0. The third kappa shape index (κ3) is 1.66. The minimum atomic E-state index is -1.93. The zero-order valence-corrected chi connectivity index (χ0v) is 8.09. The number of benzene rings is 1. The summed E-state index contributed by atoms with van der Waals surface area (Å²) in [5, 5.41) is 60.8. The SMILES string of the molecule is O=[N+]([O-])c1c([O-])c([N+](=O)[O-])c(O)c([N+](=O)[O-])c1O. The van der Waals surface area contributed by atoms with Gasteiger partial charge in [-0.15, -0.1) is 0 Å². The molecule has 96 valence electrons. The number of nitrogens with zero attached hydrogens (tertiary/aromatic N) is 3. The summed E-state index contributed by atoms with van der Waals surface area (Å²) >= 11 is 0. The summed E-state index contributed by atoms with van der Waals surface area (Å²) in [5.41, 5.74) is -5.16. The van der Waals surface area contributed by atoms with Crippen LogP contribution in [-0.2, 0) is 0 Å². The minimum absolute atomic E-state index is 1.48. The molecule has 0 aliphatic rings. The van der Waals surface area contributed by atoms with Crippen LogP contribution in [0.15, 0.2) is 0 Å². The Morgan fingerprint density at radius 2 is 1.00 bits per heavy atom. The van der Waals surface area contributed by atoms with Crippen LogP contribution in [0.5, 0.6) is 17.2 Å². The molecule has 12 nitrogen and oxygen atoms in total. The topological polar surface area (TPSA) is 193 Å². The van der Waals surface area contributed by atoms with Gasteiger partial charge in [-0.3, -0.25) is 30.3 Å². The zero-order valence-electron chi connectivity index (χ0n) is 8.09. The van der Waals surface area contributed by atoms with Crippen LogP contribution >= 0.6 is 0 Å². The van der Waals surface area contributed by atoms with E-state index in [9.17, 15) is 35.4 Å². The molecular formula is C6H2N3O9-. The molecule has 0 unspecified atom stereocenters. The standard InChI is InChI=1S/C6H3N3O9/c10-4-1(7(13)14)5(11)3(9(17)18)6(12)2(4)8(15)16/h10-12H/p-1. The van der Waals surface area contributed by atoms with Crippen molar-refractivity contribution >= 4 is 17.1 Å². The fourth-order valence-corrected chi connectivity index (χ4v) is 1.18. The van der Waals surface area contributed by atoms with Crippen molar-refractivity contribution in [3.8, 4) is 17.2 Å². The maximum Gasteiger partial charge on any atom is 0.366 e. The van der Waals surface area contributed by atoms with E-state index in [1.807, 2.05) is 0 Å². The predicted molar refractivity (Wildman–Crippen MR) is 49.2 cm³/mol. The van der Waals surface area contributed by atoms with Crippen molar-refractivity contribution in [1.29, 1.82) is 0 Å². The Morgan fingerprint density at radius 1 is 0.722 bits per heavy atom. The predicted octanol–water partition coefficient (Wildman–Crippen LogP) is -0.104. The second-order valence-corrected chi connectivity index (χ2v) is 2.84. The Labute approximate surface area is 95.8 Å². The smallest absolute Gasteiger partial charge is 0.366 e. The zero-order chi connectivity index (χ0) is 14.2. The third-order valence-electron chi connectivity index (χ3n) is 1.88. The van der Waals surface area contributed by atoms with E-state index >= 15 is 0 Å². The van der Waals surface area contributed by atoms with Gasteiger partial charge in [-0.1, -0.05) is 0 Å². The first-order valence-electron chi connectivity index (χ1n) is 3.92. The molecule has 0 spiro atoms. The van der Waals surface area contributed by atoms with Gasteiger partial charge in [-0.25, -0.2) is 0 Å². The third-order valence-corrected chi connectivity index (χ3v) is 1.88. The number of rotatable bonds is 3. The summed E-state index contributed by atoms with van der Waals surface area (Å²) in [6.07, 6.45) is 0. The van der Waals surface area contributed by atoms with E-state index in [1.165, 1.54) is 0 Å².